The molecule has 1 aliphatic carbocycles. The molecule has 0 radical (unpaired) electrons. The summed E-state index contributed by atoms with van der Waals surface area (Å²) >= 11 is 0. The summed E-state index contributed by atoms with van der Waals surface area (Å²) in [5.74, 6) is -0.383. The van der Waals surface area contributed by atoms with Crippen molar-refractivity contribution in [2.24, 2.45) is 5.73 Å². The Kier molecular flexibility index (Phi) is 3.91. The zero-order valence-electron chi connectivity index (χ0n) is 12.1. The van der Waals surface area contributed by atoms with Gasteiger partial charge in [0.25, 0.3) is 0 Å². The minimum atomic E-state index is -0.383. The molecule has 3 N–H and O–H groups in total. The lowest BCUT2D eigenvalue weighted by Gasteiger charge is -2.20. The molecule has 0 bridgehead atoms. The molecule has 108 valence electrons. The number of carbonyl (C=O) groups is 1. The molecule has 0 aromatic heterocycles. The van der Waals surface area contributed by atoms with Crippen molar-refractivity contribution in [3.05, 3.63) is 64.7 Å². The fourth-order valence-corrected chi connectivity index (χ4v) is 2.93. The first-order chi connectivity index (χ1) is 10.2. The number of nitrogens with one attached hydrogen (secondary N) is 1. The van der Waals surface area contributed by atoms with Crippen LogP contribution in [0.2, 0.25) is 0 Å². The molecule has 2 aromatic carbocycles. The van der Waals surface area contributed by atoms with Gasteiger partial charge in [0.05, 0.1) is 0 Å². The third kappa shape index (κ3) is 3.07. The Morgan fingerprint density at radius 2 is 1.81 bits per heavy atom. The zero-order chi connectivity index (χ0) is 14.7. The molecule has 3 nitrogen and oxygen atoms in total. The van der Waals surface area contributed by atoms with Crippen LogP contribution in [0.15, 0.2) is 42.5 Å². The number of aryl methyl sites for hydroxylation is 1. The second-order valence-corrected chi connectivity index (χ2v) is 5.57. The molecule has 0 saturated heterocycles. The number of carbonyl (C=O) groups excluding carboxylic acids is 1. The van der Waals surface area contributed by atoms with Crippen molar-refractivity contribution in [1.29, 1.82) is 0 Å². The minimum Gasteiger partial charge on any atom is -0.381 e. The standard InChI is InChI=1S/C18H20N2O/c19-18(21)15-10-8-13(9-11-15)12-20-17-7-3-5-14-4-1-2-6-16(14)17/h3,5,7-11,20H,1-2,4,6,12H2,(H2,19,21). The molecular weight excluding hydrogens is 260 g/mol. The van der Waals surface area contributed by atoms with Crippen LogP contribution >= 0.6 is 0 Å². The van der Waals surface area contributed by atoms with Gasteiger partial charge in [-0.15, -0.1) is 0 Å². The summed E-state index contributed by atoms with van der Waals surface area (Å²) in [4.78, 5) is 11.1. The predicted molar refractivity (Wildman–Crippen MR) is 85.4 cm³/mol. The van der Waals surface area contributed by atoms with E-state index in [1.807, 2.05) is 12.1 Å². The average Bonchev–Trinajstić information content (AvgIpc) is 2.53. The number of amides is 1. The van der Waals surface area contributed by atoms with E-state index in [1.54, 1.807) is 12.1 Å². The fourth-order valence-electron chi connectivity index (χ4n) is 2.93. The van der Waals surface area contributed by atoms with E-state index in [-0.39, 0.29) is 5.91 Å². The molecule has 0 saturated carbocycles. The van der Waals surface area contributed by atoms with E-state index in [4.69, 9.17) is 5.73 Å². The van der Waals surface area contributed by atoms with Crippen LogP contribution in [0.4, 0.5) is 5.69 Å². The van der Waals surface area contributed by atoms with Crippen molar-refractivity contribution in [3.63, 3.8) is 0 Å². The molecule has 1 aliphatic rings. The quantitative estimate of drug-likeness (QED) is 0.903. The summed E-state index contributed by atoms with van der Waals surface area (Å²) in [5.41, 5.74) is 11.1. The van der Waals surface area contributed by atoms with Crippen molar-refractivity contribution in [2.75, 3.05) is 5.32 Å². The van der Waals surface area contributed by atoms with Crippen LogP contribution in [-0.2, 0) is 19.4 Å². The Hall–Kier alpha value is -2.29. The number of hydrogen-bond donors (Lipinski definition) is 2. The smallest absolute Gasteiger partial charge is 0.248 e. The van der Waals surface area contributed by atoms with E-state index in [9.17, 15) is 4.79 Å². The molecular formula is C18H20N2O. The summed E-state index contributed by atoms with van der Waals surface area (Å²) in [6.45, 7) is 0.759. The maximum absolute atomic E-state index is 11.1. The lowest BCUT2D eigenvalue weighted by molar-refractivity contribution is 0.100. The highest BCUT2D eigenvalue weighted by atomic mass is 16.1. The molecule has 0 fully saturated rings. The monoisotopic (exact) mass is 280 g/mol. The number of benzene rings is 2. The Morgan fingerprint density at radius 1 is 1.05 bits per heavy atom. The van der Waals surface area contributed by atoms with Crippen LogP contribution in [-0.4, -0.2) is 5.91 Å². The molecule has 3 heteroatoms. The van der Waals surface area contributed by atoms with Crippen LogP contribution in [0.3, 0.4) is 0 Å². The molecule has 0 unspecified atom stereocenters. The topological polar surface area (TPSA) is 55.1 Å². The summed E-state index contributed by atoms with van der Waals surface area (Å²) in [6.07, 6.45) is 4.93. The van der Waals surface area contributed by atoms with Gasteiger partial charge in [-0.1, -0.05) is 24.3 Å². The molecule has 21 heavy (non-hydrogen) atoms. The number of anilines is 1. The fraction of sp³-hybridized carbons (Fsp3) is 0.278. The van der Waals surface area contributed by atoms with Gasteiger partial charge in [-0.05, 0) is 60.6 Å². The minimum absolute atomic E-state index is 0.383. The highest BCUT2D eigenvalue weighted by molar-refractivity contribution is 5.92. The Balaban J connectivity index is 1.71. The van der Waals surface area contributed by atoms with E-state index in [0.717, 1.165) is 12.1 Å². The van der Waals surface area contributed by atoms with Crippen molar-refractivity contribution in [2.45, 2.75) is 32.2 Å². The third-order valence-corrected chi connectivity index (χ3v) is 4.12. The van der Waals surface area contributed by atoms with Gasteiger partial charge in [-0.2, -0.15) is 0 Å². The predicted octanol–water partition coefficient (Wildman–Crippen LogP) is 3.28. The first-order valence-corrected chi connectivity index (χ1v) is 7.47. The lowest BCUT2D eigenvalue weighted by Crippen LogP contribution is -2.11. The Labute approximate surface area is 125 Å². The summed E-state index contributed by atoms with van der Waals surface area (Å²) in [7, 11) is 0. The van der Waals surface area contributed by atoms with E-state index < -0.39 is 0 Å². The van der Waals surface area contributed by atoms with Crippen molar-refractivity contribution >= 4 is 11.6 Å². The van der Waals surface area contributed by atoms with Gasteiger partial charge in [-0.3, -0.25) is 4.79 Å². The first-order valence-electron chi connectivity index (χ1n) is 7.47. The van der Waals surface area contributed by atoms with Gasteiger partial charge in [0.2, 0.25) is 5.91 Å². The maximum Gasteiger partial charge on any atom is 0.248 e. The normalized spacial score (nSPS) is 13.5. The van der Waals surface area contributed by atoms with Crippen molar-refractivity contribution in [1.82, 2.24) is 0 Å². The molecule has 3 rings (SSSR count). The zero-order valence-corrected chi connectivity index (χ0v) is 12.1. The number of fused-ring (bicyclic) bond motifs is 1. The SMILES string of the molecule is NC(=O)c1ccc(CNc2cccc3c2CCCC3)cc1. The number of nitrogens with two attached hydrogens (primary N) is 1. The van der Waals surface area contributed by atoms with E-state index in [0.29, 0.717) is 5.56 Å². The van der Waals surface area contributed by atoms with Crippen LogP contribution in [0, 0.1) is 0 Å². The van der Waals surface area contributed by atoms with Gasteiger partial charge in [-0.25, -0.2) is 0 Å². The molecule has 0 atom stereocenters. The van der Waals surface area contributed by atoms with Crippen LogP contribution < -0.4 is 11.1 Å². The van der Waals surface area contributed by atoms with Gasteiger partial charge < -0.3 is 11.1 Å². The maximum atomic E-state index is 11.1. The van der Waals surface area contributed by atoms with E-state index >= 15 is 0 Å². The second-order valence-electron chi connectivity index (χ2n) is 5.57. The van der Waals surface area contributed by atoms with Gasteiger partial charge in [0.15, 0.2) is 0 Å². The summed E-state index contributed by atoms with van der Waals surface area (Å²) in [5, 5.41) is 3.52. The number of rotatable bonds is 4. The lowest BCUT2D eigenvalue weighted by atomic mass is 9.90. The van der Waals surface area contributed by atoms with Crippen LogP contribution in [0.5, 0.6) is 0 Å². The van der Waals surface area contributed by atoms with Gasteiger partial charge in [0.1, 0.15) is 0 Å². The number of primary amides is 1. The highest BCUT2D eigenvalue weighted by Gasteiger charge is 2.12. The van der Waals surface area contributed by atoms with E-state index in [1.165, 1.54) is 42.5 Å². The Morgan fingerprint density at radius 3 is 2.57 bits per heavy atom. The largest absolute Gasteiger partial charge is 0.381 e. The number of hydrogen-bond acceptors (Lipinski definition) is 2. The highest BCUT2D eigenvalue weighted by Crippen LogP contribution is 2.28. The second kappa shape index (κ2) is 6.00. The molecule has 0 heterocycles. The Bertz CT molecular complexity index is 647. The molecule has 2 aromatic rings. The third-order valence-electron chi connectivity index (χ3n) is 4.12. The average molecular weight is 280 g/mol. The summed E-state index contributed by atoms with van der Waals surface area (Å²) in [6, 6.07) is 14.0. The van der Waals surface area contributed by atoms with Crippen molar-refractivity contribution < 1.29 is 4.79 Å². The van der Waals surface area contributed by atoms with Crippen LogP contribution in [0.1, 0.15) is 39.9 Å². The molecule has 0 aliphatic heterocycles. The van der Waals surface area contributed by atoms with E-state index in [2.05, 4.69) is 23.5 Å². The molecule has 1 amide bonds. The van der Waals surface area contributed by atoms with Gasteiger partial charge in [0, 0.05) is 17.8 Å². The van der Waals surface area contributed by atoms with Gasteiger partial charge >= 0.3 is 0 Å². The summed E-state index contributed by atoms with van der Waals surface area (Å²) < 4.78 is 0. The van der Waals surface area contributed by atoms with Crippen molar-refractivity contribution in [3.8, 4) is 0 Å². The first kappa shape index (κ1) is 13.7. The molecule has 0 spiro atoms. The van der Waals surface area contributed by atoms with Crippen LogP contribution in [0.25, 0.3) is 0 Å².